The maximum atomic E-state index is 11.0. The number of methoxy groups -OCH3 is 1. The van der Waals surface area contributed by atoms with Crippen LogP contribution < -0.4 is 5.32 Å². The highest BCUT2D eigenvalue weighted by atomic mass is 16.5. The van der Waals surface area contributed by atoms with Gasteiger partial charge >= 0.3 is 0 Å². The highest BCUT2D eigenvalue weighted by Crippen LogP contribution is 2.34. The normalized spacial score (nSPS) is 27.4. The number of rotatable bonds is 17. The van der Waals surface area contributed by atoms with Gasteiger partial charge in [0, 0.05) is 102 Å². The Morgan fingerprint density at radius 1 is 0.673 bits per heavy atom. The molecule has 0 bridgehead atoms. The molecule has 4 heterocycles. The van der Waals surface area contributed by atoms with Crippen LogP contribution in [0, 0.1) is 0 Å². The molecular weight excluding hydrogens is 612 g/mol. The van der Waals surface area contributed by atoms with Crippen LogP contribution >= 0.6 is 0 Å². The Labute approximate surface area is 302 Å². The zero-order valence-corrected chi connectivity index (χ0v) is 33.9. The number of ether oxygens (including phenoxy) is 2. The van der Waals surface area contributed by atoms with Gasteiger partial charge in [0.05, 0.1) is 17.9 Å². The third-order valence-electron chi connectivity index (χ3n) is 14.1. The molecule has 49 heavy (non-hydrogen) atoms. The van der Waals surface area contributed by atoms with Crippen LogP contribution in [-0.2, 0) is 9.47 Å². The topological polar surface area (TPSA) is 66.9 Å². The van der Waals surface area contributed by atoms with E-state index in [2.05, 4.69) is 92.1 Å². The lowest BCUT2D eigenvalue weighted by molar-refractivity contribution is -0.190. The van der Waals surface area contributed by atoms with Gasteiger partial charge in [-0.1, -0.05) is 20.8 Å². The number of piperidine rings is 4. The summed E-state index contributed by atoms with van der Waals surface area (Å²) >= 11 is 0. The first-order chi connectivity index (χ1) is 23.2. The summed E-state index contributed by atoms with van der Waals surface area (Å²) in [6, 6.07) is 2.23. The van der Waals surface area contributed by atoms with Gasteiger partial charge in [-0.15, -0.1) is 0 Å². The van der Waals surface area contributed by atoms with E-state index in [0.29, 0.717) is 30.9 Å². The molecule has 0 aromatic heterocycles. The van der Waals surface area contributed by atoms with Crippen molar-refractivity contribution in [1.82, 2.24) is 29.8 Å². The standard InChI is InChI=1S/C40H80N6O3/c1-11-39(47)18-26-45(27-19-39)36(31-35(7)44-24-16-38(9,48-10)17-25-44)30-34(6)43-22-14-37(8,15-23-43)41-32-49-40(46(12-2)13-3)20-28-42(29-21-40)33(4)5/h33-36,41,47H,11-32H2,1-10H3. The van der Waals surface area contributed by atoms with Crippen molar-refractivity contribution >= 4 is 0 Å². The van der Waals surface area contributed by atoms with Gasteiger partial charge in [0.15, 0.2) is 0 Å². The van der Waals surface area contributed by atoms with Crippen molar-refractivity contribution in [3.05, 3.63) is 0 Å². The lowest BCUT2D eigenvalue weighted by atomic mass is 9.85. The van der Waals surface area contributed by atoms with E-state index in [1.165, 1.54) is 12.8 Å². The minimum atomic E-state index is -0.472. The fourth-order valence-corrected chi connectivity index (χ4v) is 9.50. The van der Waals surface area contributed by atoms with Crippen LogP contribution in [0.5, 0.6) is 0 Å². The Morgan fingerprint density at radius 2 is 1.14 bits per heavy atom. The first kappa shape index (κ1) is 41.4. The minimum Gasteiger partial charge on any atom is -0.390 e. The maximum absolute atomic E-state index is 11.0. The SMILES string of the molecule is CCN(CC)C1(OCNC2(C)CCN(C(C)CC(CC(C)N3CCC(C)(OC)CC3)N3CCC(O)(CC)CC3)CC2)CCN(C(C)C)CC1. The third kappa shape index (κ3) is 10.8. The minimum absolute atomic E-state index is 0.0312. The molecule has 9 nitrogen and oxygen atoms in total. The Morgan fingerprint density at radius 3 is 1.59 bits per heavy atom. The maximum Gasteiger partial charge on any atom is 0.125 e. The van der Waals surface area contributed by atoms with Crippen LogP contribution in [0.4, 0.5) is 0 Å². The number of hydrogen-bond acceptors (Lipinski definition) is 9. The van der Waals surface area contributed by atoms with E-state index in [1.807, 2.05) is 7.11 Å². The Balaban J connectivity index is 1.31. The predicted octanol–water partition coefficient (Wildman–Crippen LogP) is 5.61. The van der Waals surface area contributed by atoms with Gasteiger partial charge in [0.2, 0.25) is 0 Å². The van der Waals surface area contributed by atoms with E-state index in [-0.39, 0.29) is 16.9 Å². The monoisotopic (exact) mass is 693 g/mol. The average Bonchev–Trinajstić information content (AvgIpc) is 3.09. The Bertz CT molecular complexity index is 946. The van der Waals surface area contributed by atoms with E-state index in [0.717, 1.165) is 123 Å². The van der Waals surface area contributed by atoms with Crippen LogP contribution in [0.25, 0.3) is 0 Å². The van der Waals surface area contributed by atoms with Crippen molar-refractivity contribution in [3.8, 4) is 0 Å². The summed E-state index contributed by atoms with van der Waals surface area (Å²) in [5.74, 6) is 0. The van der Waals surface area contributed by atoms with Gasteiger partial charge in [-0.2, -0.15) is 0 Å². The molecule has 3 unspecified atom stereocenters. The van der Waals surface area contributed by atoms with Crippen molar-refractivity contribution < 1.29 is 14.6 Å². The quantitative estimate of drug-likeness (QED) is 0.190. The molecule has 0 aliphatic carbocycles. The molecule has 0 radical (unpaired) electrons. The number of aliphatic hydroxyl groups is 1. The van der Waals surface area contributed by atoms with Crippen molar-refractivity contribution in [1.29, 1.82) is 0 Å². The fourth-order valence-electron chi connectivity index (χ4n) is 9.50. The number of likely N-dealkylation sites (tertiary alicyclic amines) is 4. The average molecular weight is 693 g/mol. The zero-order valence-electron chi connectivity index (χ0n) is 33.9. The van der Waals surface area contributed by atoms with Crippen molar-refractivity contribution in [2.24, 2.45) is 0 Å². The largest absolute Gasteiger partial charge is 0.390 e. The highest BCUT2D eigenvalue weighted by molar-refractivity contribution is 4.95. The van der Waals surface area contributed by atoms with Gasteiger partial charge in [-0.25, -0.2) is 0 Å². The molecule has 9 heteroatoms. The lowest BCUT2D eigenvalue weighted by Crippen LogP contribution is -2.60. The third-order valence-corrected chi connectivity index (χ3v) is 14.1. The molecule has 0 saturated carbocycles. The van der Waals surface area contributed by atoms with Crippen molar-refractivity contribution in [2.75, 3.05) is 79.3 Å². The van der Waals surface area contributed by atoms with Crippen molar-refractivity contribution in [3.63, 3.8) is 0 Å². The molecule has 2 N–H and O–H groups in total. The molecule has 0 spiro atoms. The summed E-state index contributed by atoms with van der Waals surface area (Å²) in [7, 11) is 1.87. The zero-order chi connectivity index (χ0) is 35.9. The van der Waals surface area contributed by atoms with E-state index in [9.17, 15) is 5.11 Å². The molecule has 0 aromatic rings. The molecule has 3 atom stereocenters. The van der Waals surface area contributed by atoms with Crippen molar-refractivity contribution in [2.45, 2.75) is 180 Å². The van der Waals surface area contributed by atoms with Crippen LogP contribution in [0.3, 0.4) is 0 Å². The van der Waals surface area contributed by atoms with E-state index in [4.69, 9.17) is 9.47 Å². The molecule has 4 saturated heterocycles. The van der Waals surface area contributed by atoms with Crippen LogP contribution in [0.2, 0.25) is 0 Å². The smallest absolute Gasteiger partial charge is 0.125 e. The first-order valence-electron chi connectivity index (χ1n) is 20.6. The van der Waals surface area contributed by atoms with Gasteiger partial charge < -0.3 is 34.2 Å². The van der Waals surface area contributed by atoms with Gasteiger partial charge in [-0.05, 0) is 112 Å². The highest BCUT2D eigenvalue weighted by Gasteiger charge is 2.42. The summed E-state index contributed by atoms with van der Waals surface area (Å²) in [6.07, 6.45) is 11.8. The van der Waals surface area contributed by atoms with Gasteiger partial charge in [0.1, 0.15) is 5.72 Å². The van der Waals surface area contributed by atoms with E-state index in [1.54, 1.807) is 0 Å². The Hall–Kier alpha value is -0.360. The molecule has 288 valence electrons. The summed E-state index contributed by atoms with van der Waals surface area (Å²) < 4.78 is 12.7. The number of nitrogens with one attached hydrogen (secondary N) is 1. The summed E-state index contributed by atoms with van der Waals surface area (Å²) in [5, 5.41) is 14.9. The fraction of sp³-hybridized carbons (Fsp3) is 1.00. The number of hydrogen-bond donors (Lipinski definition) is 2. The Kier molecular flexibility index (Phi) is 15.3. The molecule has 4 aliphatic heterocycles. The van der Waals surface area contributed by atoms with Gasteiger partial charge in [-0.3, -0.25) is 10.2 Å². The molecule has 4 rings (SSSR count). The van der Waals surface area contributed by atoms with Gasteiger partial charge in [0.25, 0.3) is 0 Å². The second-order valence-corrected chi connectivity index (χ2v) is 17.4. The summed E-state index contributed by atoms with van der Waals surface area (Å²) in [6.45, 7) is 32.4. The summed E-state index contributed by atoms with van der Waals surface area (Å²) in [5.41, 5.74) is -0.488. The van der Waals surface area contributed by atoms with Crippen LogP contribution in [-0.4, -0.2) is 156 Å². The van der Waals surface area contributed by atoms with E-state index >= 15 is 0 Å². The van der Waals surface area contributed by atoms with E-state index < -0.39 is 5.60 Å². The summed E-state index contributed by atoms with van der Waals surface area (Å²) in [4.78, 5) is 13.4. The number of nitrogens with zero attached hydrogens (tertiary/aromatic N) is 5. The molecule has 4 fully saturated rings. The molecule has 4 aliphatic rings. The second-order valence-electron chi connectivity index (χ2n) is 17.4. The second kappa shape index (κ2) is 18.1. The van der Waals surface area contributed by atoms with Crippen LogP contribution in [0.15, 0.2) is 0 Å². The molecule has 0 aromatic carbocycles. The van der Waals surface area contributed by atoms with Crippen LogP contribution in [0.1, 0.15) is 133 Å². The molecular formula is C40H80N6O3. The predicted molar refractivity (Wildman–Crippen MR) is 204 cm³/mol. The first-order valence-corrected chi connectivity index (χ1v) is 20.6. The molecule has 0 amide bonds. The lowest BCUT2D eigenvalue weighted by Gasteiger charge is -2.49.